The fraction of sp³-hybridized carbons (Fsp3) is 0.0690. The van der Waals surface area contributed by atoms with Crippen molar-refractivity contribution in [2.24, 2.45) is 0 Å². The normalized spacial score (nSPS) is 11.8. The van der Waals surface area contributed by atoms with Gasteiger partial charge in [0.1, 0.15) is 11.0 Å². The first-order valence-corrected chi connectivity index (χ1v) is 13.2. The molecule has 1 amide bonds. The fourth-order valence-electron chi connectivity index (χ4n) is 3.96. The first kappa shape index (κ1) is 25.9. The lowest BCUT2D eigenvalue weighted by Crippen LogP contribution is -2.24. The lowest BCUT2D eigenvalue weighted by molar-refractivity contribution is -0.115. The number of rotatable bonds is 7. The lowest BCUT2D eigenvalue weighted by atomic mass is 10.1. The van der Waals surface area contributed by atoms with Gasteiger partial charge in [0, 0.05) is 11.8 Å². The number of hydrogen-bond donors (Lipinski definition) is 1. The van der Waals surface area contributed by atoms with Crippen LogP contribution in [0.3, 0.4) is 0 Å². The zero-order valence-electron chi connectivity index (χ0n) is 20.1. The SMILES string of the molecule is COc1cccc(NC(=O)[C@@H](Sc2nc3ccccc3c(=O)n2-c2ccc(Cl)c(Cl)c2)c2ccccc2)c1. The molecule has 4 aromatic carbocycles. The van der Waals surface area contributed by atoms with E-state index in [0.717, 1.165) is 5.56 Å². The monoisotopic (exact) mass is 561 g/mol. The number of benzene rings is 4. The van der Waals surface area contributed by atoms with Gasteiger partial charge in [-0.3, -0.25) is 14.2 Å². The molecule has 0 aliphatic heterocycles. The Labute approximate surface area is 233 Å². The number of thioether (sulfide) groups is 1. The van der Waals surface area contributed by atoms with Gasteiger partial charge in [-0.05, 0) is 48.0 Å². The van der Waals surface area contributed by atoms with Crippen LogP contribution in [0.15, 0.2) is 107 Å². The van der Waals surface area contributed by atoms with Crippen molar-refractivity contribution in [2.75, 3.05) is 12.4 Å². The number of amides is 1. The van der Waals surface area contributed by atoms with Crippen LogP contribution in [0, 0.1) is 0 Å². The Balaban J connectivity index is 1.63. The van der Waals surface area contributed by atoms with Crippen LogP contribution >= 0.6 is 35.0 Å². The van der Waals surface area contributed by atoms with Gasteiger partial charge in [-0.1, -0.05) is 83.5 Å². The minimum absolute atomic E-state index is 0.280. The van der Waals surface area contributed by atoms with Gasteiger partial charge < -0.3 is 10.1 Å². The third-order valence-corrected chi connectivity index (χ3v) is 7.75. The Morgan fingerprint density at radius 2 is 1.68 bits per heavy atom. The maximum atomic E-state index is 13.7. The topological polar surface area (TPSA) is 73.2 Å². The number of para-hydroxylation sites is 1. The van der Waals surface area contributed by atoms with E-state index in [4.69, 9.17) is 32.9 Å². The number of nitrogens with one attached hydrogen (secondary N) is 1. The number of halogens is 2. The zero-order valence-corrected chi connectivity index (χ0v) is 22.4. The van der Waals surface area contributed by atoms with Crippen LogP contribution in [0.1, 0.15) is 10.8 Å². The molecular weight excluding hydrogens is 541 g/mol. The van der Waals surface area contributed by atoms with Crippen molar-refractivity contribution in [1.29, 1.82) is 0 Å². The summed E-state index contributed by atoms with van der Waals surface area (Å²) >= 11 is 13.6. The van der Waals surface area contributed by atoms with Gasteiger partial charge in [-0.15, -0.1) is 0 Å². The summed E-state index contributed by atoms with van der Waals surface area (Å²) in [4.78, 5) is 32.2. The minimum Gasteiger partial charge on any atom is -0.497 e. The van der Waals surface area contributed by atoms with E-state index >= 15 is 0 Å². The van der Waals surface area contributed by atoms with E-state index in [-0.39, 0.29) is 11.5 Å². The van der Waals surface area contributed by atoms with Crippen LogP contribution in [-0.2, 0) is 4.79 Å². The highest BCUT2D eigenvalue weighted by Crippen LogP contribution is 2.37. The molecule has 0 aliphatic rings. The predicted octanol–water partition coefficient (Wildman–Crippen LogP) is 7.17. The van der Waals surface area contributed by atoms with Gasteiger partial charge in [0.2, 0.25) is 5.91 Å². The second-order valence-electron chi connectivity index (χ2n) is 8.28. The lowest BCUT2D eigenvalue weighted by Gasteiger charge is -2.20. The smallest absolute Gasteiger partial charge is 0.266 e. The third kappa shape index (κ3) is 5.41. The number of hydrogen-bond acceptors (Lipinski definition) is 5. The molecule has 1 atom stereocenters. The van der Waals surface area contributed by atoms with Crippen LogP contribution in [0.4, 0.5) is 5.69 Å². The molecule has 0 saturated carbocycles. The Bertz CT molecular complexity index is 1690. The number of nitrogens with zero attached hydrogens (tertiary/aromatic N) is 2. The maximum Gasteiger partial charge on any atom is 0.266 e. The maximum absolute atomic E-state index is 13.7. The third-order valence-electron chi connectivity index (χ3n) is 5.81. The number of anilines is 1. The first-order valence-electron chi connectivity index (χ1n) is 11.6. The average molecular weight is 562 g/mol. The first-order chi connectivity index (χ1) is 18.4. The number of fused-ring (bicyclic) bond motifs is 1. The van der Waals surface area contributed by atoms with Crippen molar-refractivity contribution < 1.29 is 9.53 Å². The molecular formula is C29H21Cl2N3O3S. The van der Waals surface area contributed by atoms with E-state index < -0.39 is 5.25 Å². The Kier molecular flexibility index (Phi) is 7.69. The molecule has 6 nitrogen and oxygen atoms in total. The molecule has 5 rings (SSSR count). The van der Waals surface area contributed by atoms with Gasteiger partial charge >= 0.3 is 0 Å². The molecule has 1 N–H and O–H groups in total. The van der Waals surface area contributed by atoms with E-state index in [9.17, 15) is 9.59 Å². The molecule has 0 aliphatic carbocycles. The van der Waals surface area contributed by atoms with E-state index in [2.05, 4.69) is 5.32 Å². The molecule has 0 saturated heterocycles. The number of methoxy groups -OCH3 is 1. The highest BCUT2D eigenvalue weighted by atomic mass is 35.5. The van der Waals surface area contributed by atoms with E-state index in [1.807, 2.05) is 36.4 Å². The summed E-state index contributed by atoms with van der Waals surface area (Å²) in [5.41, 5.74) is 2.07. The number of aromatic nitrogens is 2. The van der Waals surface area contributed by atoms with Gasteiger partial charge in [-0.2, -0.15) is 0 Å². The molecule has 190 valence electrons. The summed E-state index contributed by atoms with van der Waals surface area (Å²) in [6.07, 6.45) is 0. The number of ether oxygens (including phenoxy) is 1. The van der Waals surface area contributed by atoms with Gasteiger partial charge in [-0.25, -0.2) is 4.98 Å². The second kappa shape index (κ2) is 11.3. The molecule has 38 heavy (non-hydrogen) atoms. The highest BCUT2D eigenvalue weighted by molar-refractivity contribution is 8.00. The van der Waals surface area contributed by atoms with E-state index in [1.54, 1.807) is 67.8 Å². The van der Waals surface area contributed by atoms with Gasteiger partial charge in [0.05, 0.1) is 33.7 Å². The number of carbonyl (C=O) groups excluding carboxylic acids is 1. The summed E-state index contributed by atoms with van der Waals surface area (Å²) in [5, 5.41) is 3.69. The minimum atomic E-state index is -0.732. The number of carbonyl (C=O) groups is 1. The summed E-state index contributed by atoms with van der Waals surface area (Å²) in [6, 6.07) is 28.5. The van der Waals surface area contributed by atoms with E-state index in [0.29, 0.717) is 43.2 Å². The Morgan fingerprint density at radius 3 is 2.45 bits per heavy atom. The predicted molar refractivity (Wildman–Crippen MR) is 154 cm³/mol. The molecule has 1 heterocycles. The zero-order chi connectivity index (χ0) is 26.6. The van der Waals surface area contributed by atoms with Crippen molar-refractivity contribution in [3.63, 3.8) is 0 Å². The van der Waals surface area contributed by atoms with Crippen molar-refractivity contribution in [3.8, 4) is 11.4 Å². The van der Waals surface area contributed by atoms with Crippen molar-refractivity contribution in [3.05, 3.63) is 123 Å². The van der Waals surface area contributed by atoms with Gasteiger partial charge in [0.15, 0.2) is 5.16 Å². The molecule has 0 unspecified atom stereocenters. The van der Waals surface area contributed by atoms with Gasteiger partial charge in [0.25, 0.3) is 5.56 Å². The quantitative estimate of drug-likeness (QED) is 0.168. The van der Waals surface area contributed by atoms with Crippen LogP contribution in [-0.4, -0.2) is 22.6 Å². The molecule has 5 aromatic rings. The summed E-state index contributed by atoms with van der Waals surface area (Å²) in [5.74, 6) is 0.342. The fourth-order valence-corrected chi connectivity index (χ4v) is 5.37. The summed E-state index contributed by atoms with van der Waals surface area (Å²) in [6.45, 7) is 0. The van der Waals surface area contributed by atoms with E-state index in [1.165, 1.54) is 16.3 Å². The summed E-state index contributed by atoms with van der Waals surface area (Å²) < 4.78 is 6.75. The standard InChI is InChI=1S/C29H21Cl2N3O3S/c1-37-21-11-7-10-19(16-21)32-27(35)26(18-8-3-2-4-9-18)38-29-33-25-13-6-5-12-22(25)28(36)34(29)20-14-15-23(30)24(31)17-20/h2-17,26H,1H3,(H,32,35)/t26-/m0/s1. The second-order valence-corrected chi connectivity index (χ2v) is 10.2. The molecule has 0 fully saturated rings. The Morgan fingerprint density at radius 1 is 0.921 bits per heavy atom. The molecule has 0 bridgehead atoms. The van der Waals surface area contributed by atoms with Crippen LogP contribution in [0.2, 0.25) is 10.0 Å². The largest absolute Gasteiger partial charge is 0.497 e. The molecule has 9 heteroatoms. The molecule has 0 spiro atoms. The Hall–Kier alpha value is -3.78. The molecule has 1 aromatic heterocycles. The van der Waals surface area contributed by atoms with Crippen LogP contribution in [0.25, 0.3) is 16.6 Å². The van der Waals surface area contributed by atoms with Crippen molar-refractivity contribution in [1.82, 2.24) is 9.55 Å². The highest BCUT2D eigenvalue weighted by Gasteiger charge is 2.26. The van der Waals surface area contributed by atoms with Crippen molar-refractivity contribution in [2.45, 2.75) is 10.4 Å². The summed E-state index contributed by atoms with van der Waals surface area (Å²) in [7, 11) is 1.57. The van der Waals surface area contributed by atoms with Crippen LogP contribution < -0.4 is 15.6 Å². The van der Waals surface area contributed by atoms with Crippen LogP contribution in [0.5, 0.6) is 5.75 Å². The van der Waals surface area contributed by atoms with Crippen molar-refractivity contribution >= 4 is 57.5 Å². The average Bonchev–Trinajstić information content (AvgIpc) is 2.94. The molecule has 0 radical (unpaired) electrons.